The van der Waals surface area contributed by atoms with Crippen LogP contribution in [0.5, 0.6) is 0 Å². The van der Waals surface area contributed by atoms with Crippen LogP contribution in [0.3, 0.4) is 0 Å². The summed E-state index contributed by atoms with van der Waals surface area (Å²) < 4.78 is 5.03. The molecule has 0 unspecified atom stereocenters. The number of nitrogens with zero attached hydrogens (tertiary/aromatic N) is 2. The van der Waals surface area contributed by atoms with Gasteiger partial charge in [0.2, 0.25) is 0 Å². The van der Waals surface area contributed by atoms with Crippen molar-refractivity contribution < 1.29 is 9.53 Å². The lowest BCUT2D eigenvalue weighted by molar-refractivity contribution is -0.144. The van der Waals surface area contributed by atoms with Crippen LogP contribution in [0.25, 0.3) is 0 Å². The van der Waals surface area contributed by atoms with Crippen LogP contribution in [0.2, 0.25) is 0 Å². The molecule has 2 heterocycles. The minimum Gasteiger partial charge on any atom is -0.468 e. The number of pyridine rings is 1. The second-order valence-corrected chi connectivity index (χ2v) is 5.70. The fraction of sp³-hybridized carbons (Fsp3) is 0.200. The van der Waals surface area contributed by atoms with Gasteiger partial charge >= 0.3 is 5.97 Å². The Kier molecular flexibility index (Phi) is 4.75. The molecule has 3 rings (SSSR count). The minimum atomic E-state index is -0.888. The van der Waals surface area contributed by atoms with Gasteiger partial charge in [0.1, 0.15) is 5.41 Å². The lowest BCUT2D eigenvalue weighted by Crippen LogP contribution is -2.36. The summed E-state index contributed by atoms with van der Waals surface area (Å²) in [5.41, 5.74) is 1.25. The Morgan fingerprint density at radius 2 is 1.75 bits per heavy atom. The highest BCUT2D eigenvalue weighted by Crippen LogP contribution is 2.31. The van der Waals surface area contributed by atoms with E-state index in [9.17, 15) is 4.79 Å². The molecule has 1 aliphatic rings. The van der Waals surface area contributed by atoms with Crippen molar-refractivity contribution in [2.75, 3.05) is 13.7 Å². The Bertz CT molecular complexity index is 725. The maximum atomic E-state index is 12.4. The summed E-state index contributed by atoms with van der Waals surface area (Å²) in [7, 11) is 1.41. The molecule has 2 aromatic rings. The fourth-order valence-corrected chi connectivity index (χ4v) is 2.83. The number of hydrogen-bond donors (Lipinski definition) is 0. The number of hydrogen-bond acceptors (Lipinski definition) is 4. The molecule has 0 radical (unpaired) electrons. The number of ether oxygens (including phenoxy) is 1. The molecule has 0 aliphatic carbocycles. The lowest BCUT2D eigenvalue weighted by atomic mass is 9.79. The Hall–Kier alpha value is -2.88. The molecular weight excluding hydrogens is 300 g/mol. The zero-order valence-electron chi connectivity index (χ0n) is 13.6. The normalized spacial score (nSPS) is 15.3. The second kappa shape index (κ2) is 7.13. The van der Waals surface area contributed by atoms with Crippen molar-refractivity contribution >= 4 is 5.97 Å². The first-order valence-electron chi connectivity index (χ1n) is 7.92. The van der Waals surface area contributed by atoms with Crippen molar-refractivity contribution in [1.29, 1.82) is 0 Å². The van der Waals surface area contributed by atoms with Gasteiger partial charge in [-0.3, -0.25) is 9.78 Å². The molecule has 0 atom stereocenters. The topological polar surface area (TPSA) is 42.4 Å². The smallest absolute Gasteiger partial charge is 0.324 e. The van der Waals surface area contributed by atoms with Crippen LogP contribution in [-0.2, 0) is 21.4 Å². The number of methoxy groups -OCH3 is 1. The van der Waals surface area contributed by atoms with E-state index in [1.54, 1.807) is 12.4 Å². The van der Waals surface area contributed by atoms with E-state index in [0.717, 1.165) is 18.5 Å². The van der Waals surface area contributed by atoms with Crippen LogP contribution < -0.4 is 0 Å². The zero-order chi connectivity index (χ0) is 16.8. The van der Waals surface area contributed by atoms with Crippen molar-refractivity contribution in [3.8, 4) is 0 Å². The first-order valence-corrected chi connectivity index (χ1v) is 7.92. The largest absolute Gasteiger partial charge is 0.468 e. The third-order valence-corrected chi connectivity index (χ3v) is 4.24. The molecule has 0 saturated heterocycles. The highest BCUT2D eigenvalue weighted by atomic mass is 16.5. The molecule has 0 fully saturated rings. The second-order valence-electron chi connectivity index (χ2n) is 5.70. The standard InChI is InChI=1S/C20H20N2O2/c1-24-19(23)20(18-7-12-21-13-8-18)10-15-22(16-11-20)14-9-17-5-3-2-4-6-17/h2-8,10-13,15-16H,9,14H2,1H3. The number of rotatable bonds is 5. The summed E-state index contributed by atoms with van der Waals surface area (Å²) in [6, 6.07) is 14.0. The molecule has 1 aromatic carbocycles. The van der Waals surface area contributed by atoms with Gasteiger partial charge in [-0.05, 0) is 41.8 Å². The monoisotopic (exact) mass is 320 g/mol. The molecule has 122 valence electrons. The average Bonchev–Trinajstić information content (AvgIpc) is 2.67. The van der Waals surface area contributed by atoms with Gasteiger partial charge in [-0.15, -0.1) is 0 Å². The summed E-state index contributed by atoms with van der Waals surface area (Å²) in [4.78, 5) is 18.5. The van der Waals surface area contributed by atoms with Crippen molar-refractivity contribution in [1.82, 2.24) is 9.88 Å². The fourth-order valence-electron chi connectivity index (χ4n) is 2.83. The Morgan fingerprint density at radius 3 is 2.38 bits per heavy atom. The highest BCUT2D eigenvalue weighted by Gasteiger charge is 2.38. The first kappa shape index (κ1) is 16.0. The van der Waals surface area contributed by atoms with Gasteiger partial charge < -0.3 is 9.64 Å². The van der Waals surface area contributed by atoms with Gasteiger partial charge in [0.05, 0.1) is 7.11 Å². The van der Waals surface area contributed by atoms with E-state index in [-0.39, 0.29) is 5.97 Å². The van der Waals surface area contributed by atoms with E-state index in [0.29, 0.717) is 0 Å². The lowest BCUT2D eigenvalue weighted by Gasteiger charge is -2.30. The number of benzene rings is 1. The third kappa shape index (κ3) is 3.23. The van der Waals surface area contributed by atoms with Gasteiger partial charge in [0, 0.05) is 31.3 Å². The van der Waals surface area contributed by atoms with E-state index in [1.807, 2.05) is 54.9 Å². The Balaban J connectivity index is 1.76. The summed E-state index contributed by atoms with van der Waals surface area (Å²) in [5.74, 6) is -0.302. The molecule has 0 amide bonds. The Labute approximate surface area is 142 Å². The van der Waals surface area contributed by atoms with Gasteiger partial charge in [0.25, 0.3) is 0 Å². The first-order chi connectivity index (χ1) is 11.7. The summed E-state index contributed by atoms with van der Waals surface area (Å²) >= 11 is 0. The Morgan fingerprint density at radius 1 is 1.08 bits per heavy atom. The molecule has 24 heavy (non-hydrogen) atoms. The SMILES string of the molecule is COC(=O)C1(c2ccncc2)C=CN(CCc2ccccc2)C=C1. The molecule has 0 saturated carbocycles. The molecule has 0 bridgehead atoms. The van der Waals surface area contributed by atoms with Crippen LogP contribution in [0, 0.1) is 0 Å². The van der Waals surface area contributed by atoms with Crippen molar-refractivity contribution in [2.45, 2.75) is 11.8 Å². The molecule has 4 heteroatoms. The van der Waals surface area contributed by atoms with Gasteiger partial charge in [-0.1, -0.05) is 30.3 Å². The van der Waals surface area contributed by atoms with Crippen LogP contribution in [-0.4, -0.2) is 29.5 Å². The zero-order valence-corrected chi connectivity index (χ0v) is 13.6. The number of esters is 1. The maximum absolute atomic E-state index is 12.4. The molecule has 1 aliphatic heterocycles. The molecule has 0 spiro atoms. The summed E-state index contributed by atoms with van der Waals surface area (Å²) in [6.07, 6.45) is 12.0. The van der Waals surface area contributed by atoms with Crippen molar-refractivity contribution in [3.05, 3.63) is 90.5 Å². The van der Waals surface area contributed by atoms with Crippen molar-refractivity contribution in [3.63, 3.8) is 0 Å². The summed E-state index contributed by atoms with van der Waals surface area (Å²) in [5, 5.41) is 0. The number of aromatic nitrogens is 1. The number of carbonyl (C=O) groups is 1. The van der Waals surface area contributed by atoms with E-state index < -0.39 is 5.41 Å². The van der Waals surface area contributed by atoms with Gasteiger partial charge in [-0.2, -0.15) is 0 Å². The third-order valence-electron chi connectivity index (χ3n) is 4.24. The van der Waals surface area contributed by atoms with E-state index in [2.05, 4.69) is 22.0 Å². The quantitative estimate of drug-likeness (QED) is 0.794. The van der Waals surface area contributed by atoms with E-state index in [1.165, 1.54) is 12.7 Å². The van der Waals surface area contributed by atoms with Crippen LogP contribution in [0.4, 0.5) is 0 Å². The predicted octanol–water partition coefficient (Wildman–Crippen LogP) is 3.08. The van der Waals surface area contributed by atoms with Gasteiger partial charge in [0.15, 0.2) is 0 Å². The maximum Gasteiger partial charge on any atom is 0.324 e. The van der Waals surface area contributed by atoms with Gasteiger partial charge in [-0.25, -0.2) is 0 Å². The number of carbonyl (C=O) groups excluding carboxylic acids is 1. The molecule has 4 nitrogen and oxygen atoms in total. The van der Waals surface area contributed by atoms with Crippen LogP contribution >= 0.6 is 0 Å². The van der Waals surface area contributed by atoms with E-state index >= 15 is 0 Å². The van der Waals surface area contributed by atoms with Crippen molar-refractivity contribution in [2.24, 2.45) is 0 Å². The van der Waals surface area contributed by atoms with E-state index in [4.69, 9.17) is 4.74 Å². The van der Waals surface area contributed by atoms with Crippen LogP contribution in [0.1, 0.15) is 11.1 Å². The van der Waals surface area contributed by atoms with Crippen LogP contribution in [0.15, 0.2) is 79.4 Å². The molecule has 0 N–H and O–H groups in total. The highest BCUT2D eigenvalue weighted by molar-refractivity contribution is 5.88. The molecule has 1 aromatic heterocycles. The minimum absolute atomic E-state index is 0.302. The predicted molar refractivity (Wildman–Crippen MR) is 93.1 cm³/mol. The summed E-state index contributed by atoms with van der Waals surface area (Å²) in [6.45, 7) is 0.852. The molecular formula is C20H20N2O2. The average molecular weight is 320 g/mol.